The fourth-order valence-electron chi connectivity index (χ4n) is 2.77. The Morgan fingerprint density at radius 1 is 1.26 bits per heavy atom. The number of para-hydroxylation sites is 1. The minimum Gasteiger partial charge on any atom is -0.493 e. The molecule has 23 heavy (non-hydrogen) atoms. The van der Waals surface area contributed by atoms with Crippen LogP contribution in [0.2, 0.25) is 0 Å². The number of benzene rings is 2. The SMILES string of the molecule is CN(C(=O)C1CCOc2ccccc21)c1cccc([N+](=O)[O-])c1. The van der Waals surface area contributed by atoms with Crippen LogP contribution in [0.3, 0.4) is 0 Å². The highest BCUT2D eigenvalue weighted by molar-refractivity contribution is 5.98. The summed E-state index contributed by atoms with van der Waals surface area (Å²) in [6.07, 6.45) is 0.592. The Labute approximate surface area is 133 Å². The van der Waals surface area contributed by atoms with Crippen LogP contribution in [0.1, 0.15) is 17.9 Å². The molecule has 6 heteroatoms. The van der Waals surface area contributed by atoms with E-state index >= 15 is 0 Å². The molecule has 0 radical (unpaired) electrons. The fraction of sp³-hybridized carbons (Fsp3) is 0.235. The van der Waals surface area contributed by atoms with Crippen molar-refractivity contribution in [3.05, 3.63) is 64.2 Å². The molecule has 0 N–H and O–H groups in total. The van der Waals surface area contributed by atoms with Gasteiger partial charge in [-0.25, -0.2) is 0 Å². The van der Waals surface area contributed by atoms with Gasteiger partial charge in [0.1, 0.15) is 5.75 Å². The lowest BCUT2D eigenvalue weighted by Crippen LogP contribution is -2.34. The molecule has 0 aromatic heterocycles. The first-order valence-electron chi connectivity index (χ1n) is 7.31. The minimum absolute atomic E-state index is 0.0328. The Morgan fingerprint density at radius 2 is 2.04 bits per heavy atom. The summed E-state index contributed by atoms with van der Waals surface area (Å²) in [6, 6.07) is 13.6. The zero-order valence-corrected chi connectivity index (χ0v) is 12.6. The van der Waals surface area contributed by atoms with E-state index in [-0.39, 0.29) is 17.5 Å². The van der Waals surface area contributed by atoms with Crippen LogP contribution in [0.4, 0.5) is 11.4 Å². The van der Waals surface area contributed by atoms with Crippen molar-refractivity contribution in [3.63, 3.8) is 0 Å². The van der Waals surface area contributed by atoms with Crippen molar-refractivity contribution >= 4 is 17.3 Å². The van der Waals surface area contributed by atoms with E-state index in [1.807, 2.05) is 24.3 Å². The van der Waals surface area contributed by atoms with Gasteiger partial charge in [-0.3, -0.25) is 14.9 Å². The number of nitro benzene ring substituents is 1. The van der Waals surface area contributed by atoms with Crippen LogP contribution in [-0.2, 0) is 4.79 Å². The molecule has 2 aromatic carbocycles. The van der Waals surface area contributed by atoms with Gasteiger partial charge in [0.2, 0.25) is 5.91 Å². The van der Waals surface area contributed by atoms with Crippen LogP contribution in [0, 0.1) is 10.1 Å². The molecule has 1 heterocycles. The first kappa shape index (κ1) is 15.0. The number of non-ortho nitro benzene ring substituents is 1. The fourth-order valence-corrected chi connectivity index (χ4v) is 2.77. The molecule has 6 nitrogen and oxygen atoms in total. The summed E-state index contributed by atoms with van der Waals surface area (Å²) < 4.78 is 5.58. The molecule has 0 bridgehead atoms. The third kappa shape index (κ3) is 2.88. The van der Waals surface area contributed by atoms with Gasteiger partial charge in [-0.2, -0.15) is 0 Å². The standard InChI is InChI=1S/C17H16N2O4/c1-18(12-5-4-6-13(11-12)19(21)22)17(20)15-9-10-23-16-8-3-2-7-14(15)16/h2-8,11,15H,9-10H2,1H3. The van der Waals surface area contributed by atoms with Crippen molar-refractivity contribution in [2.45, 2.75) is 12.3 Å². The van der Waals surface area contributed by atoms with Crippen LogP contribution >= 0.6 is 0 Å². The van der Waals surface area contributed by atoms with Gasteiger partial charge in [0.15, 0.2) is 0 Å². The normalized spacial score (nSPS) is 16.1. The summed E-state index contributed by atoms with van der Waals surface area (Å²) in [5, 5.41) is 10.9. The highest BCUT2D eigenvalue weighted by Crippen LogP contribution is 2.35. The summed E-state index contributed by atoms with van der Waals surface area (Å²) >= 11 is 0. The van der Waals surface area contributed by atoms with Crippen molar-refractivity contribution in [2.75, 3.05) is 18.6 Å². The maximum absolute atomic E-state index is 12.8. The highest BCUT2D eigenvalue weighted by atomic mass is 16.6. The van der Waals surface area contributed by atoms with Crippen molar-refractivity contribution in [1.82, 2.24) is 0 Å². The molecule has 0 saturated heterocycles. The molecular formula is C17H16N2O4. The molecule has 2 aromatic rings. The molecule has 3 rings (SSSR count). The van der Waals surface area contributed by atoms with Gasteiger partial charge >= 0.3 is 0 Å². The number of nitrogens with zero attached hydrogens (tertiary/aromatic N) is 2. The largest absolute Gasteiger partial charge is 0.493 e. The average molecular weight is 312 g/mol. The smallest absolute Gasteiger partial charge is 0.271 e. The second-order valence-electron chi connectivity index (χ2n) is 5.40. The predicted molar refractivity (Wildman–Crippen MR) is 85.8 cm³/mol. The topological polar surface area (TPSA) is 72.7 Å². The Hall–Kier alpha value is -2.89. The van der Waals surface area contributed by atoms with Crippen LogP contribution in [0.15, 0.2) is 48.5 Å². The lowest BCUT2D eigenvalue weighted by molar-refractivity contribution is -0.384. The van der Waals surface area contributed by atoms with E-state index in [0.717, 1.165) is 11.3 Å². The summed E-state index contributed by atoms with van der Waals surface area (Å²) in [4.78, 5) is 24.7. The van der Waals surface area contributed by atoms with E-state index in [0.29, 0.717) is 18.7 Å². The van der Waals surface area contributed by atoms with Gasteiger partial charge in [0.05, 0.1) is 23.1 Å². The Balaban J connectivity index is 1.89. The molecule has 1 aliphatic rings. The molecule has 0 aliphatic carbocycles. The van der Waals surface area contributed by atoms with Crippen molar-refractivity contribution in [1.29, 1.82) is 0 Å². The number of ether oxygens (including phenoxy) is 1. The van der Waals surface area contributed by atoms with Crippen LogP contribution < -0.4 is 9.64 Å². The minimum atomic E-state index is -0.467. The maximum Gasteiger partial charge on any atom is 0.271 e. The van der Waals surface area contributed by atoms with Crippen molar-refractivity contribution < 1.29 is 14.5 Å². The van der Waals surface area contributed by atoms with Crippen molar-refractivity contribution in [2.24, 2.45) is 0 Å². The zero-order chi connectivity index (χ0) is 16.4. The Morgan fingerprint density at radius 3 is 2.83 bits per heavy atom. The molecule has 0 spiro atoms. The van der Waals surface area contributed by atoms with Gasteiger partial charge in [-0.15, -0.1) is 0 Å². The summed E-state index contributed by atoms with van der Waals surface area (Å²) in [6.45, 7) is 0.482. The number of hydrogen-bond acceptors (Lipinski definition) is 4. The molecular weight excluding hydrogens is 296 g/mol. The molecule has 118 valence electrons. The van der Waals surface area contributed by atoms with Gasteiger partial charge in [-0.05, 0) is 18.6 Å². The molecule has 0 saturated carbocycles. The van der Waals surface area contributed by atoms with Crippen LogP contribution in [0.5, 0.6) is 5.75 Å². The van der Waals surface area contributed by atoms with E-state index in [2.05, 4.69) is 0 Å². The van der Waals surface area contributed by atoms with Gasteiger partial charge in [0, 0.05) is 24.7 Å². The van der Waals surface area contributed by atoms with E-state index in [1.165, 1.54) is 17.0 Å². The molecule has 1 atom stereocenters. The number of fused-ring (bicyclic) bond motifs is 1. The first-order valence-corrected chi connectivity index (χ1v) is 7.31. The second-order valence-corrected chi connectivity index (χ2v) is 5.40. The van der Waals surface area contributed by atoms with Gasteiger partial charge < -0.3 is 9.64 Å². The number of amides is 1. The van der Waals surface area contributed by atoms with E-state index in [1.54, 1.807) is 19.2 Å². The third-order valence-corrected chi connectivity index (χ3v) is 4.02. The first-order chi connectivity index (χ1) is 11.1. The van der Waals surface area contributed by atoms with E-state index in [4.69, 9.17) is 4.74 Å². The molecule has 1 unspecified atom stereocenters. The zero-order valence-electron chi connectivity index (χ0n) is 12.6. The quantitative estimate of drug-likeness (QED) is 0.645. The number of nitro groups is 1. The summed E-state index contributed by atoms with van der Waals surface area (Å²) in [7, 11) is 1.64. The maximum atomic E-state index is 12.8. The highest BCUT2D eigenvalue weighted by Gasteiger charge is 2.30. The molecule has 1 aliphatic heterocycles. The number of likely N-dealkylation sites (N-methyl/N-ethyl adjacent to an activating group) is 1. The van der Waals surface area contributed by atoms with Gasteiger partial charge in [-0.1, -0.05) is 24.3 Å². The third-order valence-electron chi connectivity index (χ3n) is 4.02. The van der Waals surface area contributed by atoms with Crippen molar-refractivity contribution in [3.8, 4) is 5.75 Å². The Bertz CT molecular complexity index is 760. The summed E-state index contributed by atoms with van der Waals surface area (Å²) in [5.74, 6) is 0.329. The number of carbonyl (C=O) groups is 1. The number of rotatable bonds is 3. The second kappa shape index (κ2) is 6.08. The lowest BCUT2D eigenvalue weighted by Gasteiger charge is -2.28. The monoisotopic (exact) mass is 312 g/mol. The Kier molecular flexibility index (Phi) is 3.97. The average Bonchev–Trinajstić information content (AvgIpc) is 2.60. The molecule has 0 fully saturated rings. The van der Waals surface area contributed by atoms with E-state index < -0.39 is 4.92 Å². The van der Waals surface area contributed by atoms with Crippen LogP contribution in [-0.4, -0.2) is 24.5 Å². The lowest BCUT2D eigenvalue weighted by atomic mass is 9.92. The summed E-state index contributed by atoms with van der Waals surface area (Å²) in [5.41, 5.74) is 1.34. The van der Waals surface area contributed by atoms with Gasteiger partial charge in [0.25, 0.3) is 5.69 Å². The number of hydrogen-bond donors (Lipinski definition) is 0. The van der Waals surface area contributed by atoms with E-state index in [9.17, 15) is 14.9 Å². The predicted octanol–water partition coefficient (Wildman–Crippen LogP) is 3.12. The number of carbonyl (C=O) groups excluding carboxylic acids is 1. The number of anilines is 1. The molecule has 1 amide bonds. The van der Waals surface area contributed by atoms with Crippen LogP contribution in [0.25, 0.3) is 0 Å².